The molecule has 0 aromatic carbocycles. The van der Waals surface area contributed by atoms with E-state index in [1.807, 2.05) is 18.7 Å². The Kier molecular flexibility index (Phi) is 4.09. The summed E-state index contributed by atoms with van der Waals surface area (Å²) in [7, 11) is 0. The van der Waals surface area contributed by atoms with Gasteiger partial charge in [0.2, 0.25) is 0 Å². The molecule has 1 aromatic heterocycles. The summed E-state index contributed by atoms with van der Waals surface area (Å²) in [5.74, 6) is -0.0323. The molecule has 1 aliphatic rings. The second-order valence-electron chi connectivity index (χ2n) is 4.80. The summed E-state index contributed by atoms with van der Waals surface area (Å²) in [4.78, 5) is 14.6. The number of nitrogen functional groups attached to an aromatic ring is 1. The van der Waals surface area contributed by atoms with Gasteiger partial charge < -0.3 is 15.4 Å². The van der Waals surface area contributed by atoms with Gasteiger partial charge in [0.25, 0.3) is 5.91 Å². The van der Waals surface area contributed by atoms with E-state index in [9.17, 15) is 4.79 Å². The molecule has 6 heteroatoms. The third-order valence-corrected chi connectivity index (χ3v) is 3.64. The van der Waals surface area contributed by atoms with Crippen LogP contribution in [0.5, 0.6) is 0 Å². The molecule has 0 spiro atoms. The number of hydrogen-bond donors (Lipinski definition) is 1. The number of nitrogens with two attached hydrogens (primary N) is 1. The maximum Gasteiger partial charge on any atom is 0.274 e. The van der Waals surface area contributed by atoms with Crippen molar-refractivity contribution in [1.29, 1.82) is 0 Å². The summed E-state index contributed by atoms with van der Waals surface area (Å²) < 4.78 is 7.12. The quantitative estimate of drug-likeness (QED) is 0.887. The fourth-order valence-electron chi connectivity index (χ4n) is 2.45. The van der Waals surface area contributed by atoms with Crippen LogP contribution >= 0.6 is 0 Å². The SMILES string of the molecule is CCC1COCCN1C(=O)c1c(N)c(C)nn1CC. The number of carbonyl (C=O) groups is 1. The molecule has 1 aromatic rings. The van der Waals surface area contributed by atoms with Gasteiger partial charge in [-0.25, -0.2) is 0 Å². The van der Waals surface area contributed by atoms with Crippen molar-refractivity contribution in [2.24, 2.45) is 0 Å². The van der Waals surface area contributed by atoms with E-state index in [0.717, 1.165) is 6.42 Å². The monoisotopic (exact) mass is 266 g/mol. The topological polar surface area (TPSA) is 73.4 Å². The molecule has 6 nitrogen and oxygen atoms in total. The van der Waals surface area contributed by atoms with Crippen LogP contribution in [-0.4, -0.2) is 46.4 Å². The predicted octanol–water partition coefficient (Wildman–Crippen LogP) is 1.04. The summed E-state index contributed by atoms with van der Waals surface area (Å²) in [6, 6.07) is 0.126. The van der Waals surface area contributed by atoms with E-state index in [1.165, 1.54) is 0 Å². The van der Waals surface area contributed by atoms with Gasteiger partial charge in [-0.15, -0.1) is 0 Å². The van der Waals surface area contributed by atoms with Crippen LogP contribution in [0, 0.1) is 6.92 Å². The highest BCUT2D eigenvalue weighted by Crippen LogP contribution is 2.21. The standard InChI is InChI=1S/C13H22N4O2/c1-4-10-8-19-7-6-16(10)13(18)12-11(14)9(3)15-17(12)5-2/h10H,4-8,14H2,1-3H3. The van der Waals surface area contributed by atoms with E-state index in [2.05, 4.69) is 12.0 Å². The zero-order valence-electron chi connectivity index (χ0n) is 11.8. The Labute approximate surface area is 113 Å². The molecule has 19 heavy (non-hydrogen) atoms. The molecule has 2 rings (SSSR count). The van der Waals surface area contributed by atoms with Crippen molar-refractivity contribution >= 4 is 11.6 Å². The van der Waals surface area contributed by atoms with E-state index < -0.39 is 0 Å². The van der Waals surface area contributed by atoms with Crippen molar-refractivity contribution in [2.75, 3.05) is 25.5 Å². The molecule has 1 saturated heterocycles. The molecule has 0 saturated carbocycles. The van der Waals surface area contributed by atoms with Crippen LogP contribution in [-0.2, 0) is 11.3 Å². The van der Waals surface area contributed by atoms with Crippen LogP contribution in [0.1, 0.15) is 36.5 Å². The molecule has 2 heterocycles. The third kappa shape index (κ3) is 2.45. The molecule has 1 unspecified atom stereocenters. The zero-order valence-corrected chi connectivity index (χ0v) is 11.8. The lowest BCUT2D eigenvalue weighted by atomic mass is 10.1. The molecule has 1 amide bonds. The number of hydrogen-bond acceptors (Lipinski definition) is 4. The van der Waals surface area contributed by atoms with Crippen LogP contribution in [0.25, 0.3) is 0 Å². The molecule has 2 N–H and O–H groups in total. The smallest absolute Gasteiger partial charge is 0.274 e. The van der Waals surface area contributed by atoms with Crippen molar-refractivity contribution in [1.82, 2.24) is 14.7 Å². The van der Waals surface area contributed by atoms with Gasteiger partial charge >= 0.3 is 0 Å². The largest absolute Gasteiger partial charge is 0.395 e. The Morgan fingerprint density at radius 1 is 1.53 bits per heavy atom. The van der Waals surface area contributed by atoms with Gasteiger partial charge in [0, 0.05) is 13.1 Å². The highest BCUT2D eigenvalue weighted by molar-refractivity contribution is 5.98. The number of ether oxygens (including phenoxy) is 1. The average molecular weight is 266 g/mol. The number of aryl methyl sites for hydroxylation is 2. The minimum absolute atomic E-state index is 0.0323. The summed E-state index contributed by atoms with van der Waals surface area (Å²) in [5.41, 5.74) is 7.73. The Morgan fingerprint density at radius 2 is 2.26 bits per heavy atom. The summed E-state index contributed by atoms with van der Waals surface area (Å²) in [6.07, 6.45) is 0.880. The Hall–Kier alpha value is -1.56. The van der Waals surface area contributed by atoms with Crippen molar-refractivity contribution in [2.45, 2.75) is 39.8 Å². The second-order valence-corrected chi connectivity index (χ2v) is 4.80. The van der Waals surface area contributed by atoms with Crippen molar-refractivity contribution in [3.05, 3.63) is 11.4 Å². The van der Waals surface area contributed by atoms with E-state index >= 15 is 0 Å². The van der Waals surface area contributed by atoms with Crippen LogP contribution < -0.4 is 5.73 Å². The lowest BCUT2D eigenvalue weighted by Crippen LogP contribution is -2.49. The van der Waals surface area contributed by atoms with E-state index in [0.29, 0.717) is 43.4 Å². The van der Waals surface area contributed by atoms with Gasteiger partial charge in [0.1, 0.15) is 5.69 Å². The van der Waals surface area contributed by atoms with Crippen molar-refractivity contribution in [3.8, 4) is 0 Å². The van der Waals surface area contributed by atoms with Crippen LogP contribution in [0.15, 0.2) is 0 Å². The maximum atomic E-state index is 12.7. The molecular formula is C13H22N4O2. The molecule has 1 aliphatic heterocycles. The maximum absolute atomic E-state index is 12.7. The molecule has 1 atom stereocenters. The van der Waals surface area contributed by atoms with E-state index in [4.69, 9.17) is 10.5 Å². The Balaban J connectivity index is 2.32. The van der Waals surface area contributed by atoms with Gasteiger partial charge in [-0.1, -0.05) is 6.92 Å². The summed E-state index contributed by atoms with van der Waals surface area (Å²) >= 11 is 0. The summed E-state index contributed by atoms with van der Waals surface area (Å²) in [6.45, 7) is 8.28. The van der Waals surface area contributed by atoms with Gasteiger partial charge in [-0.3, -0.25) is 9.48 Å². The van der Waals surface area contributed by atoms with Crippen LogP contribution in [0.2, 0.25) is 0 Å². The third-order valence-electron chi connectivity index (χ3n) is 3.64. The van der Waals surface area contributed by atoms with Gasteiger partial charge in [-0.05, 0) is 20.3 Å². The molecule has 0 bridgehead atoms. The van der Waals surface area contributed by atoms with Crippen molar-refractivity contribution < 1.29 is 9.53 Å². The van der Waals surface area contributed by atoms with Crippen LogP contribution in [0.4, 0.5) is 5.69 Å². The Bertz CT molecular complexity index is 469. The number of amides is 1. The fraction of sp³-hybridized carbons (Fsp3) is 0.692. The lowest BCUT2D eigenvalue weighted by molar-refractivity contribution is -0.00335. The van der Waals surface area contributed by atoms with Gasteiger partial charge in [0.05, 0.1) is 30.6 Å². The van der Waals surface area contributed by atoms with E-state index in [1.54, 1.807) is 4.68 Å². The Morgan fingerprint density at radius 3 is 2.89 bits per heavy atom. The number of anilines is 1. The number of rotatable bonds is 3. The first-order valence-electron chi connectivity index (χ1n) is 6.81. The molecule has 106 valence electrons. The zero-order chi connectivity index (χ0) is 14.0. The number of carbonyl (C=O) groups excluding carboxylic acids is 1. The van der Waals surface area contributed by atoms with E-state index in [-0.39, 0.29) is 11.9 Å². The van der Waals surface area contributed by atoms with Crippen molar-refractivity contribution in [3.63, 3.8) is 0 Å². The van der Waals surface area contributed by atoms with Gasteiger partial charge in [-0.2, -0.15) is 5.10 Å². The molecule has 0 radical (unpaired) electrons. The highest BCUT2D eigenvalue weighted by Gasteiger charge is 2.30. The summed E-state index contributed by atoms with van der Waals surface area (Å²) in [5, 5.41) is 4.31. The molecular weight excluding hydrogens is 244 g/mol. The minimum atomic E-state index is -0.0323. The highest BCUT2D eigenvalue weighted by atomic mass is 16.5. The first-order chi connectivity index (χ1) is 9.10. The first kappa shape index (κ1) is 13.9. The number of nitrogens with zero attached hydrogens (tertiary/aromatic N) is 3. The molecule has 1 fully saturated rings. The fourth-order valence-corrected chi connectivity index (χ4v) is 2.45. The number of aromatic nitrogens is 2. The normalized spacial score (nSPS) is 19.7. The average Bonchev–Trinajstić information content (AvgIpc) is 2.73. The van der Waals surface area contributed by atoms with Crippen LogP contribution in [0.3, 0.4) is 0 Å². The van der Waals surface area contributed by atoms with Gasteiger partial charge in [0.15, 0.2) is 0 Å². The number of morpholine rings is 1. The first-order valence-corrected chi connectivity index (χ1v) is 6.81. The predicted molar refractivity (Wildman–Crippen MR) is 73.0 cm³/mol. The minimum Gasteiger partial charge on any atom is -0.395 e. The lowest BCUT2D eigenvalue weighted by Gasteiger charge is -2.35. The molecule has 0 aliphatic carbocycles. The second kappa shape index (κ2) is 5.61.